The standard InChI is InChI=1S/C34H34F3N3O2/c1-42-30-18-16-29(17-19-30)32(28-14-12-25(13-15-28)24-34(35,36)37)39-20-22-40(23-21-39)33(41)38-31(26-8-4-2-5-9-26)27-10-6-3-7-11-27/h2-19,31-32H,20-24H2,1H3,(H,38,41). The van der Waals surface area contributed by atoms with Crippen LogP contribution in [0.3, 0.4) is 0 Å². The van der Waals surface area contributed by atoms with Gasteiger partial charge in [-0.2, -0.15) is 13.2 Å². The van der Waals surface area contributed by atoms with Crippen molar-refractivity contribution < 1.29 is 22.7 Å². The molecule has 1 atom stereocenters. The minimum Gasteiger partial charge on any atom is -0.497 e. The van der Waals surface area contributed by atoms with Crippen LogP contribution < -0.4 is 10.1 Å². The first kappa shape index (κ1) is 29.2. The van der Waals surface area contributed by atoms with E-state index in [0.29, 0.717) is 26.2 Å². The summed E-state index contributed by atoms with van der Waals surface area (Å²) in [6.45, 7) is 2.24. The predicted octanol–water partition coefficient (Wildman–Crippen LogP) is 7.01. The van der Waals surface area contributed by atoms with Crippen LogP contribution in [0.25, 0.3) is 0 Å². The minimum absolute atomic E-state index is 0.134. The van der Waals surface area contributed by atoms with Gasteiger partial charge in [-0.3, -0.25) is 4.90 Å². The number of ether oxygens (including phenoxy) is 1. The highest BCUT2D eigenvalue weighted by atomic mass is 19.4. The van der Waals surface area contributed by atoms with Crippen molar-refractivity contribution in [2.24, 2.45) is 0 Å². The van der Waals surface area contributed by atoms with Crippen molar-refractivity contribution in [2.45, 2.75) is 24.7 Å². The molecule has 0 spiro atoms. The molecule has 2 amide bonds. The van der Waals surface area contributed by atoms with Crippen LogP contribution >= 0.6 is 0 Å². The van der Waals surface area contributed by atoms with Crippen LogP contribution in [0.5, 0.6) is 5.75 Å². The van der Waals surface area contributed by atoms with Crippen LogP contribution in [-0.2, 0) is 6.42 Å². The SMILES string of the molecule is COc1ccc(C(c2ccc(CC(F)(F)F)cc2)N2CCN(C(=O)NC(c3ccccc3)c3ccccc3)CC2)cc1. The molecule has 218 valence electrons. The van der Waals surface area contributed by atoms with Gasteiger partial charge >= 0.3 is 12.2 Å². The lowest BCUT2D eigenvalue weighted by Crippen LogP contribution is -2.53. The van der Waals surface area contributed by atoms with Gasteiger partial charge in [0.05, 0.1) is 25.6 Å². The zero-order valence-electron chi connectivity index (χ0n) is 23.4. The van der Waals surface area contributed by atoms with Gasteiger partial charge in [-0.15, -0.1) is 0 Å². The van der Waals surface area contributed by atoms with Gasteiger partial charge in [-0.05, 0) is 39.9 Å². The molecule has 1 heterocycles. The lowest BCUT2D eigenvalue weighted by molar-refractivity contribution is -0.127. The molecule has 0 aromatic heterocycles. The monoisotopic (exact) mass is 573 g/mol. The normalized spacial score (nSPS) is 14.9. The molecule has 1 N–H and O–H groups in total. The summed E-state index contributed by atoms with van der Waals surface area (Å²) in [4.78, 5) is 17.6. The lowest BCUT2D eigenvalue weighted by Gasteiger charge is -2.40. The Labute approximate surface area is 244 Å². The molecule has 1 unspecified atom stereocenters. The maximum atomic E-state index is 13.5. The average Bonchev–Trinajstić information content (AvgIpc) is 3.01. The molecule has 8 heteroatoms. The van der Waals surface area contributed by atoms with E-state index in [2.05, 4.69) is 10.2 Å². The van der Waals surface area contributed by atoms with Crippen molar-refractivity contribution in [1.29, 1.82) is 0 Å². The van der Waals surface area contributed by atoms with E-state index in [1.54, 1.807) is 31.4 Å². The second-order valence-corrected chi connectivity index (χ2v) is 10.4. The Bertz CT molecular complexity index is 1380. The molecule has 0 saturated carbocycles. The van der Waals surface area contributed by atoms with Gasteiger partial charge in [0.1, 0.15) is 5.75 Å². The van der Waals surface area contributed by atoms with Gasteiger partial charge < -0.3 is 15.0 Å². The molecule has 1 fully saturated rings. The van der Waals surface area contributed by atoms with Gasteiger partial charge in [0.25, 0.3) is 0 Å². The summed E-state index contributed by atoms with van der Waals surface area (Å²) >= 11 is 0. The number of alkyl halides is 3. The number of benzene rings is 4. The molecule has 1 saturated heterocycles. The minimum atomic E-state index is -4.26. The lowest BCUT2D eigenvalue weighted by atomic mass is 9.95. The molecular weight excluding hydrogens is 539 g/mol. The smallest absolute Gasteiger partial charge is 0.393 e. The Morgan fingerprint density at radius 3 is 1.71 bits per heavy atom. The maximum absolute atomic E-state index is 13.5. The van der Waals surface area contributed by atoms with Crippen molar-refractivity contribution in [3.8, 4) is 5.75 Å². The Balaban J connectivity index is 1.32. The van der Waals surface area contributed by atoms with E-state index in [0.717, 1.165) is 28.0 Å². The first-order chi connectivity index (χ1) is 20.3. The number of methoxy groups -OCH3 is 1. The van der Waals surface area contributed by atoms with Crippen molar-refractivity contribution in [2.75, 3.05) is 33.3 Å². The van der Waals surface area contributed by atoms with E-state index in [4.69, 9.17) is 4.74 Å². The summed E-state index contributed by atoms with van der Waals surface area (Å²) in [5, 5.41) is 3.23. The molecule has 5 rings (SSSR count). The highest BCUT2D eigenvalue weighted by molar-refractivity contribution is 5.75. The number of urea groups is 1. The average molecular weight is 574 g/mol. The third-order valence-electron chi connectivity index (χ3n) is 7.63. The fourth-order valence-electron chi connectivity index (χ4n) is 5.50. The summed E-state index contributed by atoms with van der Waals surface area (Å²) in [6.07, 6.45) is -5.21. The maximum Gasteiger partial charge on any atom is 0.393 e. The number of rotatable bonds is 8. The van der Waals surface area contributed by atoms with Crippen LogP contribution in [0.15, 0.2) is 109 Å². The second kappa shape index (κ2) is 13.1. The van der Waals surface area contributed by atoms with E-state index >= 15 is 0 Å². The third kappa shape index (κ3) is 7.31. The molecule has 1 aliphatic heterocycles. The zero-order valence-corrected chi connectivity index (χ0v) is 23.4. The summed E-state index contributed by atoms with van der Waals surface area (Å²) < 4.78 is 44.2. The van der Waals surface area contributed by atoms with E-state index < -0.39 is 12.6 Å². The molecule has 1 aliphatic rings. The van der Waals surface area contributed by atoms with E-state index in [-0.39, 0.29) is 23.7 Å². The molecule has 4 aromatic carbocycles. The van der Waals surface area contributed by atoms with Crippen molar-refractivity contribution in [1.82, 2.24) is 15.1 Å². The van der Waals surface area contributed by atoms with Crippen molar-refractivity contribution >= 4 is 6.03 Å². The molecule has 0 bridgehead atoms. The summed E-state index contributed by atoms with van der Waals surface area (Å²) in [5.41, 5.74) is 4.14. The number of carbonyl (C=O) groups is 1. The first-order valence-electron chi connectivity index (χ1n) is 14.0. The van der Waals surface area contributed by atoms with E-state index in [1.807, 2.05) is 89.8 Å². The quantitative estimate of drug-likeness (QED) is 0.247. The van der Waals surface area contributed by atoms with Gasteiger partial charge in [0.2, 0.25) is 0 Å². The number of hydrogen-bond donors (Lipinski definition) is 1. The Hall–Kier alpha value is -4.30. The van der Waals surface area contributed by atoms with Gasteiger partial charge in [-0.1, -0.05) is 97.1 Å². The first-order valence-corrected chi connectivity index (χ1v) is 14.0. The molecule has 0 aliphatic carbocycles. The predicted molar refractivity (Wildman–Crippen MR) is 157 cm³/mol. The number of nitrogens with one attached hydrogen (secondary N) is 1. The number of nitrogens with zero attached hydrogens (tertiary/aromatic N) is 2. The van der Waals surface area contributed by atoms with E-state index in [1.165, 1.54) is 0 Å². The van der Waals surface area contributed by atoms with Crippen molar-refractivity contribution in [3.05, 3.63) is 137 Å². The molecule has 42 heavy (non-hydrogen) atoms. The summed E-state index contributed by atoms with van der Waals surface area (Å²) in [6, 6.07) is 33.6. The highest BCUT2D eigenvalue weighted by Crippen LogP contribution is 2.32. The largest absolute Gasteiger partial charge is 0.497 e. The third-order valence-corrected chi connectivity index (χ3v) is 7.63. The van der Waals surface area contributed by atoms with Crippen LogP contribution in [-0.4, -0.2) is 55.3 Å². The highest BCUT2D eigenvalue weighted by Gasteiger charge is 2.31. The van der Waals surface area contributed by atoms with Crippen molar-refractivity contribution in [3.63, 3.8) is 0 Å². The number of halogens is 3. The van der Waals surface area contributed by atoms with Crippen LogP contribution in [0, 0.1) is 0 Å². The summed E-state index contributed by atoms with van der Waals surface area (Å²) in [5.74, 6) is 0.728. The van der Waals surface area contributed by atoms with Crippen LogP contribution in [0.4, 0.5) is 18.0 Å². The number of carbonyl (C=O) groups excluding carboxylic acids is 1. The van der Waals surface area contributed by atoms with E-state index in [9.17, 15) is 18.0 Å². The Kier molecular flexibility index (Phi) is 9.12. The molecule has 5 nitrogen and oxygen atoms in total. The molecule has 4 aromatic rings. The van der Waals surface area contributed by atoms with Crippen LogP contribution in [0.2, 0.25) is 0 Å². The number of hydrogen-bond acceptors (Lipinski definition) is 3. The Morgan fingerprint density at radius 1 is 0.738 bits per heavy atom. The molecular formula is C34H34F3N3O2. The van der Waals surface area contributed by atoms with Gasteiger partial charge in [0, 0.05) is 26.2 Å². The van der Waals surface area contributed by atoms with Gasteiger partial charge in [0.15, 0.2) is 0 Å². The zero-order chi connectivity index (χ0) is 29.5. The Morgan fingerprint density at radius 2 is 1.24 bits per heavy atom. The topological polar surface area (TPSA) is 44.8 Å². The fourth-order valence-corrected chi connectivity index (χ4v) is 5.50. The second-order valence-electron chi connectivity index (χ2n) is 10.4. The van der Waals surface area contributed by atoms with Crippen LogP contribution in [0.1, 0.15) is 39.9 Å². The van der Waals surface area contributed by atoms with Gasteiger partial charge in [-0.25, -0.2) is 4.79 Å². The summed E-state index contributed by atoms with van der Waals surface area (Å²) in [7, 11) is 1.61. The number of amides is 2. The molecule has 0 radical (unpaired) electrons. The fraction of sp³-hybridized carbons (Fsp3) is 0.265. The number of piperazine rings is 1.